The van der Waals surface area contributed by atoms with E-state index in [0.29, 0.717) is 0 Å². The zero-order valence-corrected chi connectivity index (χ0v) is 13.9. The number of esters is 1. The maximum absolute atomic E-state index is 11.5. The van der Waals surface area contributed by atoms with Crippen LogP contribution in [0.4, 0.5) is 0 Å². The summed E-state index contributed by atoms with van der Waals surface area (Å²) >= 11 is 3.65. The summed E-state index contributed by atoms with van der Waals surface area (Å²) in [5, 5.41) is 4.52. The van der Waals surface area contributed by atoms with Gasteiger partial charge < -0.3 is 4.74 Å². The number of aryl methyl sites for hydroxylation is 2. The minimum atomic E-state index is -0.0698. The number of ether oxygens (including phenoxy) is 1. The van der Waals surface area contributed by atoms with Crippen molar-refractivity contribution in [1.82, 2.24) is 14.7 Å². The van der Waals surface area contributed by atoms with Crippen molar-refractivity contribution < 1.29 is 9.53 Å². The highest BCUT2D eigenvalue weighted by Crippen LogP contribution is 2.25. The Kier molecular flexibility index (Phi) is 5.21. The number of carbonyl (C=O) groups is 1. The molecule has 0 bridgehead atoms. The molecule has 0 atom stereocenters. The highest BCUT2D eigenvalue weighted by Gasteiger charge is 2.26. The Balaban J connectivity index is 1.96. The van der Waals surface area contributed by atoms with E-state index in [-0.39, 0.29) is 11.9 Å². The third-order valence-corrected chi connectivity index (χ3v) is 4.91. The van der Waals surface area contributed by atoms with Crippen molar-refractivity contribution in [2.45, 2.75) is 32.7 Å². The van der Waals surface area contributed by atoms with Crippen molar-refractivity contribution in [2.24, 2.45) is 13.0 Å². The SMILES string of the molecule is CCc1nn(C)c(CN2CCC(C(=O)OC)CC2)c1Br. The third kappa shape index (κ3) is 3.23. The van der Waals surface area contributed by atoms with Gasteiger partial charge in [0.15, 0.2) is 0 Å². The van der Waals surface area contributed by atoms with E-state index >= 15 is 0 Å². The minimum absolute atomic E-state index is 0.0671. The summed E-state index contributed by atoms with van der Waals surface area (Å²) in [5.74, 6) is -0.00272. The first-order valence-corrected chi connectivity index (χ1v) is 7.86. The van der Waals surface area contributed by atoms with Crippen molar-refractivity contribution in [3.05, 3.63) is 15.9 Å². The second-order valence-electron chi connectivity index (χ2n) is 5.26. The van der Waals surface area contributed by atoms with Gasteiger partial charge in [-0.3, -0.25) is 14.4 Å². The van der Waals surface area contributed by atoms with Crippen LogP contribution in [0.5, 0.6) is 0 Å². The Hall–Kier alpha value is -0.880. The molecule has 1 saturated heterocycles. The van der Waals surface area contributed by atoms with E-state index in [9.17, 15) is 4.79 Å². The van der Waals surface area contributed by atoms with Crippen molar-refractivity contribution in [3.63, 3.8) is 0 Å². The Morgan fingerprint density at radius 3 is 2.60 bits per heavy atom. The molecule has 1 fully saturated rings. The Morgan fingerprint density at radius 1 is 1.45 bits per heavy atom. The predicted octanol–water partition coefficient (Wildman–Crippen LogP) is 2.13. The second kappa shape index (κ2) is 6.72. The van der Waals surface area contributed by atoms with E-state index in [1.807, 2.05) is 11.7 Å². The molecule has 1 aliphatic rings. The summed E-state index contributed by atoms with van der Waals surface area (Å²) in [6.45, 7) is 4.84. The topological polar surface area (TPSA) is 47.4 Å². The van der Waals surface area contributed by atoms with Gasteiger partial charge in [0.05, 0.1) is 28.9 Å². The number of carbonyl (C=O) groups excluding carboxylic acids is 1. The molecule has 2 rings (SSSR count). The predicted molar refractivity (Wildman–Crippen MR) is 80.3 cm³/mol. The molecule has 1 aliphatic heterocycles. The van der Waals surface area contributed by atoms with Crippen LogP contribution < -0.4 is 0 Å². The van der Waals surface area contributed by atoms with Crippen LogP contribution in [0.25, 0.3) is 0 Å². The molecule has 5 nitrogen and oxygen atoms in total. The molecule has 1 aromatic rings. The molecular weight excluding hydrogens is 322 g/mol. The molecule has 0 spiro atoms. The van der Waals surface area contributed by atoms with Gasteiger partial charge in [0.1, 0.15) is 0 Å². The summed E-state index contributed by atoms with van der Waals surface area (Å²) in [6, 6.07) is 0. The zero-order valence-electron chi connectivity index (χ0n) is 12.4. The van der Waals surface area contributed by atoms with Gasteiger partial charge >= 0.3 is 5.97 Å². The van der Waals surface area contributed by atoms with Gasteiger partial charge in [-0.1, -0.05) is 6.92 Å². The number of hydrogen-bond donors (Lipinski definition) is 0. The number of aromatic nitrogens is 2. The van der Waals surface area contributed by atoms with Crippen LogP contribution >= 0.6 is 15.9 Å². The molecule has 0 radical (unpaired) electrons. The van der Waals surface area contributed by atoms with Crippen LogP contribution in [-0.4, -0.2) is 40.8 Å². The largest absolute Gasteiger partial charge is 0.469 e. The van der Waals surface area contributed by atoms with Crippen LogP contribution in [0, 0.1) is 5.92 Å². The fraction of sp³-hybridized carbons (Fsp3) is 0.714. The molecule has 2 heterocycles. The standard InChI is InChI=1S/C14H22BrN3O2/c1-4-11-13(15)12(17(2)16-11)9-18-7-5-10(6-8-18)14(19)20-3/h10H,4-9H2,1-3H3. The van der Waals surface area contributed by atoms with Gasteiger partial charge in [-0.05, 0) is 48.3 Å². The number of hydrogen-bond acceptors (Lipinski definition) is 4. The van der Waals surface area contributed by atoms with Gasteiger partial charge in [-0.25, -0.2) is 0 Å². The van der Waals surface area contributed by atoms with E-state index in [1.165, 1.54) is 12.8 Å². The Bertz CT molecular complexity index is 479. The van der Waals surface area contributed by atoms with Crippen LogP contribution in [0.1, 0.15) is 31.2 Å². The summed E-state index contributed by atoms with van der Waals surface area (Å²) in [4.78, 5) is 13.9. The number of methoxy groups -OCH3 is 1. The molecule has 0 amide bonds. The molecule has 0 unspecified atom stereocenters. The minimum Gasteiger partial charge on any atom is -0.469 e. The highest BCUT2D eigenvalue weighted by molar-refractivity contribution is 9.10. The maximum atomic E-state index is 11.5. The highest BCUT2D eigenvalue weighted by atomic mass is 79.9. The molecule has 112 valence electrons. The summed E-state index contributed by atoms with van der Waals surface area (Å²) < 4.78 is 7.90. The Morgan fingerprint density at radius 2 is 2.10 bits per heavy atom. The Labute approximate surface area is 128 Å². The molecule has 0 saturated carbocycles. The van der Waals surface area contributed by atoms with Crippen LogP contribution in [0.15, 0.2) is 4.47 Å². The summed E-state index contributed by atoms with van der Waals surface area (Å²) in [7, 11) is 3.45. The number of halogens is 1. The van der Waals surface area contributed by atoms with Gasteiger partial charge in [0, 0.05) is 13.6 Å². The molecule has 1 aromatic heterocycles. The maximum Gasteiger partial charge on any atom is 0.308 e. The molecule has 20 heavy (non-hydrogen) atoms. The first-order chi connectivity index (χ1) is 9.56. The average molecular weight is 344 g/mol. The lowest BCUT2D eigenvalue weighted by atomic mass is 9.97. The van der Waals surface area contributed by atoms with Gasteiger partial charge in [0.25, 0.3) is 0 Å². The lowest BCUT2D eigenvalue weighted by Crippen LogP contribution is -2.36. The fourth-order valence-electron chi connectivity index (χ4n) is 2.70. The van der Waals surface area contributed by atoms with Gasteiger partial charge in [-0.2, -0.15) is 5.10 Å². The van der Waals surface area contributed by atoms with Crippen LogP contribution in [-0.2, 0) is 29.5 Å². The van der Waals surface area contributed by atoms with Crippen LogP contribution in [0.2, 0.25) is 0 Å². The molecule has 0 aromatic carbocycles. The van der Waals surface area contributed by atoms with E-state index in [1.54, 1.807) is 0 Å². The molecule has 0 aliphatic carbocycles. The number of rotatable bonds is 4. The number of nitrogens with zero attached hydrogens (tertiary/aromatic N) is 3. The van der Waals surface area contributed by atoms with Crippen molar-refractivity contribution in [3.8, 4) is 0 Å². The quantitative estimate of drug-likeness (QED) is 0.785. The van der Waals surface area contributed by atoms with E-state index in [0.717, 1.165) is 49.1 Å². The molecule has 0 N–H and O–H groups in total. The lowest BCUT2D eigenvalue weighted by molar-refractivity contribution is -0.147. The van der Waals surface area contributed by atoms with Crippen molar-refractivity contribution in [2.75, 3.05) is 20.2 Å². The van der Waals surface area contributed by atoms with Crippen LogP contribution in [0.3, 0.4) is 0 Å². The first kappa shape index (κ1) is 15.5. The van der Waals surface area contributed by atoms with Gasteiger partial charge in [0.2, 0.25) is 0 Å². The smallest absolute Gasteiger partial charge is 0.308 e. The average Bonchev–Trinajstić information content (AvgIpc) is 2.74. The van der Waals surface area contributed by atoms with Crippen molar-refractivity contribution >= 4 is 21.9 Å². The normalized spacial score (nSPS) is 17.4. The third-order valence-electron chi connectivity index (χ3n) is 4.00. The molecule has 6 heteroatoms. The van der Waals surface area contributed by atoms with E-state index < -0.39 is 0 Å². The number of likely N-dealkylation sites (tertiary alicyclic amines) is 1. The summed E-state index contributed by atoms with van der Waals surface area (Å²) in [5.41, 5.74) is 2.31. The van der Waals surface area contributed by atoms with E-state index in [2.05, 4.69) is 32.9 Å². The number of piperidine rings is 1. The lowest BCUT2D eigenvalue weighted by Gasteiger charge is -2.30. The van der Waals surface area contributed by atoms with Crippen molar-refractivity contribution in [1.29, 1.82) is 0 Å². The zero-order chi connectivity index (χ0) is 14.7. The monoisotopic (exact) mass is 343 g/mol. The summed E-state index contributed by atoms with van der Waals surface area (Å²) in [6.07, 6.45) is 2.68. The second-order valence-corrected chi connectivity index (χ2v) is 6.05. The molecular formula is C14H22BrN3O2. The fourth-order valence-corrected chi connectivity index (χ4v) is 3.44. The first-order valence-electron chi connectivity index (χ1n) is 7.07. The van der Waals surface area contributed by atoms with E-state index in [4.69, 9.17) is 4.74 Å². The van der Waals surface area contributed by atoms with Gasteiger partial charge in [-0.15, -0.1) is 0 Å².